The molecule has 0 saturated heterocycles. The maximum atomic E-state index is 14.6. The van der Waals surface area contributed by atoms with Gasteiger partial charge in [0.25, 0.3) is 0 Å². The number of benzene rings is 2. The summed E-state index contributed by atoms with van der Waals surface area (Å²) in [6.07, 6.45) is -5.91. The molecule has 0 fully saturated rings. The molecule has 8 heteroatoms. The monoisotopic (exact) mass is 456 g/mol. The number of ether oxygens (including phenoxy) is 3. The van der Waals surface area contributed by atoms with Crippen molar-refractivity contribution in [3.05, 3.63) is 64.5 Å². The molecule has 0 N–H and O–H groups in total. The van der Waals surface area contributed by atoms with Crippen molar-refractivity contribution >= 4 is 5.78 Å². The third-order valence-corrected chi connectivity index (χ3v) is 5.31. The first-order valence-corrected chi connectivity index (χ1v) is 9.94. The summed E-state index contributed by atoms with van der Waals surface area (Å²) in [7, 11) is 2.51. The molecule has 1 unspecified atom stereocenters. The molecular formula is C24H28F4O4. The van der Waals surface area contributed by atoms with Gasteiger partial charge in [-0.3, -0.25) is 4.79 Å². The third-order valence-electron chi connectivity index (χ3n) is 5.31. The van der Waals surface area contributed by atoms with Gasteiger partial charge in [-0.25, -0.2) is 4.39 Å². The molecule has 0 saturated carbocycles. The molecule has 0 aliphatic rings. The van der Waals surface area contributed by atoms with Crippen molar-refractivity contribution < 1.29 is 36.6 Å². The molecule has 2 rings (SSSR count). The van der Waals surface area contributed by atoms with Crippen LogP contribution < -0.4 is 4.74 Å². The Morgan fingerprint density at radius 1 is 0.969 bits per heavy atom. The average molecular weight is 456 g/mol. The molecule has 0 aliphatic heterocycles. The van der Waals surface area contributed by atoms with Gasteiger partial charge in [-0.2, -0.15) is 13.2 Å². The Kier molecular flexibility index (Phi) is 7.73. The van der Waals surface area contributed by atoms with Crippen LogP contribution in [0.1, 0.15) is 47.3 Å². The molecule has 2 aromatic carbocycles. The summed E-state index contributed by atoms with van der Waals surface area (Å²) in [6, 6.07) is 8.13. The highest BCUT2D eigenvalue weighted by Crippen LogP contribution is 2.47. The highest BCUT2D eigenvalue weighted by atomic mass is 19.4. The van der Waals surface area contributed by atoms with Crippen LogP contribution in [0, 0.1) is 19.7 Å². The van der Waals surface area contributed by atoms with E-state index in [1.54, 1.807) is 19.9 Å². The maximum Gasteiger partial charge on any atom is 0.425 e. The molecule has 1 atom stereocenters. The number of aryl methyl sites for hydroxylation is 2. The smallest absolute Gasteiger partial charge is 0.425 e. The van der Waals surface area contributed by atoms with E-state index in [0.29, 0.717) is 11.1 Å². The number of rotatable bonds is 9. The number of alkyl halides is 3. The van der Waals surface area contributed by atoms with Crippen LogP contribution in [0.3, 0.4) is 0 Å². The summed E-state index contributed by atoms with van der Waals surface area (Å²) < 4.78 is 73.1. The third kappa shape index (κ3) is 5.30. The van der Waals surface area contributed by atoms with Crippen molar-refractivity contribution in [2.45, 2.75) is 51.3 Å². The van der Waals surface area contributed by atoms with E-state index < -0.39 is 42.0 Å². The molecule has 32 heavy (non-hydrogen) atoms. The Hall–Kier alpha value is -2.45. The van der Waals surface area contributed by atoms with Gasteiger partial charge in [0.15, 0.2) is 0 Å². The Bertz CT molecular complexity index is 949. The van der Waals surface area contributed by atoms with Crippen LogP contribution >= 0.6 is 0 Å². The number of Topliss-reactive ketones (excluding diaryl/α,β-unsaturated/α-hetero) is 1. The molecule has 0 radical (unpaired) electrons. The molecule has 0 aliphatic carbocycles. The zero-order valence-corrected chi connectivity index (χ0v) is 19.0. The van der Waals surface area contributed by atoms with Gasteiger partial charge in [-0.05, 0) is 49.6 Å². The lowest BCUT2D eigenvalue weighted by Crippen LogP contribution is -2.57. The van der Waals surface area contributed by atoms with Crippen LogP contribution in [-0.4, -0.2) is 38.6 Å². The Morgan fingerprint density at radius 2 is 1.56 bits per heavy atom. The van der Waals surface area contributed by atoms with Crippen LogP contribution in [0.4, 0.5) is 17.6 Å². The van der Waals surface area contributed by atoms with E-state index in [2.05, 4.69) is 0 Å². The number of halogens is 4. The van der Waals surface area contributed by atoms with Gasteiger partial charge in [-0.1, -0.05) is 31.0 Å². The number of carbonyl (C=O) groups is 1. The standard InChI is InChI=1S/C24H28F4O4/c1-15-9-16(2)11-17(10-15)21(29)23(24(26,27)28,32-14-30-5)13-22(3,4)19-12-18(25)7-8-20(19)31-6/h7-12H,13-14H2,1-6H3. The fourth-order valence-corrected chi connectivity index (χ4v) is 3.93. The van der Waals surface area contributed by atoms with Crippen molar-refractivity contribution in [2.24, 2.45) is 0 Å². The van der Waals surface area contributed by atoms with Crippen molar-refractivity contribution in [1.29, 1.82) is 0 Å². The van der Waals surface area contributed by atoms with E-state index in [9.17, 15) is 22.4 Å². The van der Waals surface area contributed by atoms with E-state index in [4.69, 9.17) is 14.2 Å². The Labute approximate surface area is 185 Å². The van der Waals surface area contributed by atoms with Crippen molar-refractivity contribution in [1.82, 2.24) is 0 Å². The first kappa shape index (κ1) is 25.8. The van der Waals surface area contributed by atoms with Gasteiger partial charge < -0.3 is 14.2 Å². The number of hydrogen-bond donors (Lipinski definition) is 0. The summed E-state index contributed by atoms with van der Waals surface area (Å²) in [4.78, 5) is 13.4. The second-order valence-electron chi connectivity index (χ2n) is 8.49. The zero-order valence-electron chi connectivity index (χ0n) is 19.0. The maximum absolute atomic E-state index is 14.6. The van der Waals surface area contributed by atoms with Crippen molar-refractivity contribution in [3.8, 4) is 5.75 Å². The molecule has 176 valence electrons. The lowest BCUT2D eigenvalue weighted by molar-refractivity contribution is -0.278. The van der Waals surface area contributed by atoms with E-state index in [-0.39, 0.29) is 16.9 Å². The van der Waals surface area contributed by atoms with Crippen LogP contribution in [0.2, 0.25) is 0 Å². The van der Waals surface area contributed by atoms with Crippen LogP contribution in [-0.2, 0) is 14.9 Å². The van der Waals surface area contributed by atoms with Gasteiger partial charge in [-0.15, -0.1) is 0 Å². The number of ketones is 1. The van der Waals surface area contributed by atoms with Gasteiger partial charge in [0.1, 0.15) is 18.4 Å². The molecule has 0 amide bonds. The van der Waals surface area contributed by atoms with Gasteiger partial charge in [0, 0.05) is 24.7 Å². The Morgan fingerprint density at radius 3 is 2.06 bits per heavy atom. The number of methoxy groups -OCH3 is 2. The summed E-state index contributed by atoms with van der Waals surface area (Å²) in [5.41, 5.74) is -3.26. The molecule has 2 aromatic rings. The predicted molar refractivity (Wildman–Crippen MR) is 113 cm³/mol. The highest BCUT2D eigenvalue weighted by molar-refractivity contribution is 6.03. The minimum absolute atomic E-state index is 0.127. The summed E-state index contributed by atoms with van der Waals surface area (Å²) >= 11 is 0. The number of hydrogen-bond acceptors (Lipinski definition) is 4. The average Bonchev–Trinajstić information content (AvgIpc) is 2.68. The largest absolute Gasteiger partial charge is 0.496 e. The van der Waals surface area contributed by atoms with Crippen molar-refractivity contribution in [3.63, 3.8) is 0 Å². The molecular weight excluding hydrogens is 428 g/mol. The molecule has 0 bridgehead atoms. The fraction of sp³-hybridized carbons (Fsp3) is 0.458. The molecule has 0 aromatic heterocycles. The van der Waals surface area contributed by atoms with Crippen LogP contribution in [0.25, 0.3) is 0 Å². The predicted octanol–water partition coefficient (Wildman–Crippen LogP) is 5.92. The van der Waals surface area contributed by atoms with Crippen LogP contribution in [0.15, 0.2) is 36.4 Å². The second-order valence-corrected chi connectivity index (χ2v) is 8.49. The number of carbonyl (C=O) groups excluding carboxylic acids is 1. The topological polar surface area (TPSA) is 44.8 Å². The summed E-state index contributed by atoms with van der Waals surface area (Å²) in [5, 5.41) is 0. The van der Waals surface area contributed by atoms with Gasteiger partial charge in [0.2, 0.25) is 11.4 Å². The fourth-order valence-electron chi connectivity index (χ4n) is 3.93. The minimum Gasteiger partial charge on any atom is -0.496 e. The van der Waals surface area contributed by atoms with E-state index in [1.807, 2.05) is 0 Å². The minimum atomic E-state index is -5.09. The lowest BCUT2D eigenvalue weighted by Gasteiger charge is -2.40. The SMILES string of the molecule is COCOC(CC(C)(C)c1cc(F)ccc1OC)(C(=O)c1cc(C)cc(C)c1)C(F)(F)F. The van der Waals surface area contributed by atoms with E-state index in [0.717, 1.165) is 12.1 Å². The summed E-state index contributed by atoms with van der Waals surface area (Å²) in [5.74, 6) is -1.67. The van der Waals surface area contributed by atoms with E-state index >= 15 is 0 Å². The molecule has 0 spiro atoms. The van der Waals surface area contributed by atoms with Gasteiger partial charge >= 0.3 is 6.18 Å². The lowest BCUT2D eigenvalue weighted by atomic mass is 9.72. The van der Waals surface area contributed by atoms with Crippen molar-refractivity contribution in [2.75, 3.05) is 21.0 Å². The molecule has 0 heterocycles. The zero-order chi connectivity index (χ0) is 24.3. The highest BCUT2D eigenvalue weighted by Gasteiger charge is 2.63. The quantitative estimate of drug-likeness (QED) is 0.267. The van der Waals surface area contributed by atoms with Gasteiger partial charge in [0.05, 0.1) is 7.11 Å². The first-order chi connectivity index (χ1) is 14.8. The molecule has 4 nitrogen and oxygen atoms in total. The van der Waals surface area contributed by atoms with E-state index in [1.165, 1.54) is 46.3 Å². The Balaban J connectivity index is 2.70. The normalized spacial score (nSPS) is 14.2. The van der Waals surface area contributed by atoms with Crippen LogP contribution in [0.5, 0.6) is 5.75 Å². The summed E-state index contributed by atoms with van der Waals surface area (Å²) in [6.45, 7) is 5.59. The first-order valence-electron chi connectivity index (χ1n) is 9.94. The second kappa shape index (κ2) is 9.58.